The zero-order chi connectivity index (χ0) is 46.3. The molecule has 1 aliphatic carbocycles. The summed E-state index contributed by atoms with van der Waals surface area (Å²) in [5.41, 5.74) is 0.284. The van der Waals surface area contributed by atoms with Crippen LogP contribution in [0.2, 0.25) is 0 Å². The number of aromatic nitrogens is 3. The van der Waals surface area contributed by atoms with Crippen molar-refractivity contribution in [1.29, 1.82) is 0 Å². The largest absolute Gasteiger partial charge is 0.416 e. The van der Waals surface area contributed by atoms with Crippen LogP contribution in [0.4, 0.5) is 19.0 Å². The molecule has 3 aromatic rings. The van der Waals surface area contributed by atoms with E-state index in [1.54, 1.807) is 35.3 Å². The number of carbonyl (C=O) groups excluding carboxylic acids is 6. The molecule has 21 heteroatoms. The first kappa shape index (κ1) is 48.5. The highest BCUT2D eigenvalue weighted by molar-refractivity contribution is 5.93. The molecule has 18 nitrogen and oxygen atoms in total. The Morgan fingerprint density at radius 2 is 1.62 bits per heavy atom. The van der Waals surface area contributed by atoms with Gasteiger partial charge in [0.05, 0.1) is 49.5 Å². The van der Waals surface area contributed by atoms with Crippen molar-refractivity contribution >= 4 is 52.2 Å². The van der Waals surface area contributed by atoms with Gasteiger partial charge in [-0.3, -0.25) is 33.8 Å². The summed E-state index contributed by atoms with van der Waals surface area (Å²) in [6, 6.07) is 5.71. The van der Waals surface area contributed by atoms with Crippen molar-refractivity contribution in [3.8, 4) is 0 Å². The van der Waals surface area contributed by atoms with E-state index in [4.69, 9.17) is 9.47 Å². The highest BCUT2D eigenvalue weighted by atomic mass is 19.4. The molecule has 6 amide bonds. The molecule has 1 aromatic carbocycles. The average molecular weight is 911 g/mol. The van der Waals surface area contributed by atoms with Crippen molar-refractivity contribution in [3.05, 3.63) is 60.2 Å². The van der Waals surface area contributed by atoms with Crippen molar-refractivity contribution in [2.75, 3.05) is 71.5 Å². The number of hydrogen-bond acceptors (Lipinski definition) is 12. The Kier molecular flexibility index (Phi) is 17.4. The quantitative estimate of drug-likeness (QED) is 0.0918. The number of rotatable bonds is 22. The second kappa shape index (κ2) is 23.3. The minimum Gasteiger partial charge on any atom is -0.379 e. The van der Waals surface area contributed by atoms with Crippen LogP contribution in [0.1, 0.15) is 75.0 Å². The molecule has 2 saturated heterocycles. The minimum absolute atomic E-state index is 0.0423. The Morgan fingerprint density at radius 3 is 2.37 bits per heavy atom. The predicted molar refractivity (Wildman–Crippen MR) is 229 cm³/mol. The number of likely N-dealkylation sites (tertiary alicyclic amines) is 2. The number of nitrogens with one attached hydrogen (secondary N) is 5. The molecule has 5 N–H and O–H groups in total. The lowest BCUT2D eigenvalue weighted by atomic mass is 9.85. The Hall–Kier alpha value is -5.96. The number of fused-ring (bicyclic) bond motifs is 1. The first-order valence-corrected chi connectivity index (χ1v) is 22.1. The maximum Gasteiger partial charge on any atom is 0.416 e. The van der Waals surface area contributed by atoms with Gasteiger partial charge in [0.15, 0.2) is 0 Å². The summed E-state index contributed by atoms with van der Waals surface area (Å²) in [4.78, 5) is 91.4. The van der Waals surface area contributed by atoms with Crippen molar-refractivity contribution < 1.29 is 51.4 Å². The molecule has 1 saturated carbocycles. The Labute approximate surface area is 374 Å². The van der Waals surface area contributed by atoms with Crippen molar-refractivity contribution in [2.45, 2.75) is 82.1 Å². The van der Waals surface area contributed by atoms with Crippen molar-refractivity contribution in [3.63, 3.8) is 0 Å². The zero-order valence-electron chi connectivity index (χ0n) is 36.4. The molecule has 3 atom stereocenters. The smallest absolute Gasteiger partial charge is 0.379 e. The van der Waals surface area contributed by atoms with Crippen molar-refractivity contribution in [2.24, 2.45) is 11.8 Å². The summed E-state index contributed by atoms with van der Waals surface area (Å²) in [5.74, 6) is -1.57. The second-order valence-electron chi connectivity index (χ2n) is 16.4. The third-order valence-electron chi connectivity index (χ3n) is 12.0. The fraction of sp³-hybridized carbons (Fsp3) is 0.568. The SMILES string of the molecule is CN1C(=O)C[C@H](C(=O)NCCCC(=O)NCCOCCOCCC(=O)NC2CCC(C(=O)NCCN3CC[C@H](Nc4ncnc5ccc(C(F)(F)F)cc45)C3=O)CC2)[C@H]1c1cccnc1. The first-order valence-electron chi connectivity index (χ1n) is 22.1. The average Bonchev–Trinajstić information content (AvgIpc) is 3.80. The third-order valence-corrected chi connectivity index (χ3v) is 12.0. The lowest BCUT2D eigenvalue weighted by Gasteiger charge is -2.28. The van der Waals surface area contributed by atoms with Crippen LogP contribution in [0.5, 0.6) is 0 Å². The van der Waals surface area contributed by atoms with Gasteiger partial charge in [0, 0.05) is 88.8 Å². The molecule has 0 unspecified atom stereocenters. The maximum absolute atomic E-state index is 13.3. The number of nitrogens with zero attached hydrogens (tertiary/aromatic N) is 5. The monoisotopic (exact) mass is 910 g/mol. The summed E-state index contributed by atoms with van der Waals surface area (Å²) in [5, 5.41) is 14.7. The predicted octanol–water partition coefficient (Wildman–Crippen LogP) is 2.50. The van der Waals surface area contributed by atoms with E-state index >= 15 is 0 Å². The summed E-state index contributed by atoms with van der Waals surface area (Å²) in [6.45, 7) is 2.66. The van der Waals surface area contributed by atoms with E-state index in [0.717, 1.165) is 17.7 Å². The fourth-order valence-electron chi connectivity index (χ4n) is 8.41. The molecular weight excluding hydrogens is 854 g/mol. The normalized spacial score (nSPS) is 21.1. The standard InChI is InChI=1S/C44H57F3N10O8/c1-56-38(60)25-33(39(56)29-4-2-14-48-26-29)42(62)50-15-3-5-36(58)49-17-21-65-23-22-64-20-13-37(59)54-31-9-6-28(7-10-31)41(61)51-16-19-57-18-12-35(43(57)63)55-40-32-24-30(44(45,46)47)8-11-34(32)52-27-53-40/h2,4,8,11,14,24,26-28,31,33,35,39H,3,5-7,9-10,12-13,15-23,25H2,1H3,(H,49,58)(H,50,62)(H,51,61)(H,54,59)(H,52,53,55)/t28?,31?,33-,35-,39+/m0/s1. The zero-order valence-corrected chi connectivity index (χ0v) is 36.4. The van der Waals surface area contributed by atoms with Gasteiger partial charge in [-0.15, -0.1) is 0 Å². The molecule has 3 fully saturated rings. The molecule has 2 aliphatic heterocycles. The Balaban J connectivity index is 0.743. The molecule has 0 radical (unpaired) electrons. The Morgan fingerprint density at radius 1 is 0.846 bits per heavy atom. The van der Waals surface area contributed by atoms with Gasteiger partial charge in [-0.05, 0) is 68.4 Å². The van der Waals surface area contributed by atoms with Crippen molar-refractivity contribution in [1.82, 2.24) is 46.0 Å². The van der Waals surface area contributed by atoms with E-state index in [-0.39, 0.29) is 117 Å². The summed E-state index contributed by atoms with van der Waals surface area (Å²) in [6.07, 6.45) is 3.90. The van der Waals surface area contributed by atoms with E-state index in [0.29, 0.717) is 70.3 Å². The van der Waals surface area contributed by atoms with E-state index in [2.05, 4.69) is 41.5 Å². The summed E-state index contributed by atoms with van der Waals surface area (Å²) >= 11 is 0. The number of alkyl halides is 3. The molecular formula is C44H57F3N10O8. The van der Waals surface area contributed by atoms with Gasteiger partial charge < -0.3 is 45.9 Å². The molecule has 6 rings (SSSR count). The van der Waals surface area contributed by atoms with Gasteiger partial charge in [-0.25, -0.2) is 9.97 Å². The number of carbonyl (C=O) groups is 6. The van der Waals surface area contributed by atoms with Crippen LogP contribution >= 0.6 is 0 Å². The second-order valence-corrected chi connectivity index (χ2v) is 16.4. The number of ether oxygens (including phenoxy) is 2. The molecule has 0 bridgehead atoms. The first-order chi connectivity index (χ1) is 31.3. The number of anilines is 1. The summed E-state index contributed by atoms with van der Waals surface area (Å²) < 4.78 is 51.0. The topological polar surface area (TPSA) is 226 Å². The molecule has 4 heterocycles. The van der Waals surface area contributed by atoms with Crippen LogP contribution in [0.3, 0.4) is 0 Å². The van der Waals surface area contributed by atoms with Gasteiger partial charge >= 0.3 is 6.18 Å². The highest BCUT2D eigenvalue weighted by Gasteiger charge is 2.42. The molecule has 0 spiro atoms. The molecule has 65 heavy (non-hydrogen) atoms. The van der Waals surface area contributed by atoms with Crippen LogP contribution in [-0.4, -0.2) is 138 Å². The number of pyridine rings is 1. The van der Waals surface area contributed by atoms with E-state index < -0.39 is 23.7 Å². The highest BCUT2D eigenvalue weighted by Crippen LogP contribution is 2.37. The van der Waals surface area contributed by atoms with Crippen LogP contribution in [-0.2, 0) is 44.4 Å². The van der Waals surface area contributed by atoms with E-state index in [1.165, 1.54) is 12.4 Å². The van der Waals surface area contributed by atoms with Gasteiger partial charge in [-0.2, -0.15) is 13.2 Å². The molecule has 3 aliphatic rings. The van der Waals surface area contributed by atoms with Gasteiger partial charge in [0.2, 0.25) is 35.4 Å². The Bertz CT molecular complexity index is 2130. The van der Waals surface area contributed by atoms with Gasteiger partial charge in [0.25, 0.3) is 0 Å². The number of benzene rings is 1. The maximum atomic E-state index is 13.3. The van der Waals surface area contributed by atoms with Gasteiger partial charge in [-0.1, -0.05) is 6.07 Å². The molecule has 2 aromatic heterocycles. The van der Waals surface area contributed by atoms with Crippen LogP contribution in [0, 0.1) is 11.8 Å². The number of hydrogen-bond donors (Lipinski definition) is 5. The summed E-state index contributed by atoms with van der Waals surface area (Å²) in [7, 11) is 1.68. The fourth-order valence-corrected chi connectivity index (χ4v) is 8.41. The number of halogens is 3. The van der Waals surface area contributed by atoms with E-state index in [1.807, 2.05) is 6.07 Å². The van der Waals surface area contributed by atoms with Crippen LogP contribution < -0.4 is 26.6 Å². The minimum atomic E-state index is -4.54. The lowest BCUT2D eigenvalue weighted by Crippen LogP contribution is -2.43. The lowest BCUT2D eigenvalue weighted by molar-refractivity contribution is -0.137. The third kappa shape index (κ3) is 13.8. The van der Waals surface area contributed by atoms with Crippen LogP contribution in [0.15, 0.2) is 49.1 Å². The molecule has 352 valence electrons. The van der Waals surface area contributed by atoms with Gasteiger partial charge in [0.1, 0.15) is 18.2 Å². The number of amides is 6. The van der Waals surface area contributed by atoms with E-state index in [9.17, 15) is 41.9 Å². The van der Waals surface area contributed by atoms with Crippen LogP contribution in [0.25, 0.3) is 10.9 Å².